The molecule has 1 saturated heterocycles. The smallest absolute Gasteiger partial charge is 0.264 e. The van der Waals surface area contributed by atoms with Crippen LogP contribution in [0.15, 0.2) is 52.5 Å². The lowest BCUT2D eigenvalue weighted by Gasteiger charge is -2.38. The highest BCUT2D eigenvalue weighted by Gasteiger charge is 2.40. The van der Waals surface area contributed by atoms with Gasteiger partial charge in [0.2, 0.25) is 5.96 Å². The zero-order chi connectivity index (χ0) is 21.3. The summed E-state index contributed by atoms with van der Waals surface area (Å²) in [5.74, 6) is 0.804. The van der Waals surface area contributed by atoms with Crippen LogP contribution >= 0.6 is 11.3 Å². The highest BCUT2D eigenvalue weighted by Crippen LogP contribution is 2.45. The zero-order valence-electron chi connectivity index (χ0n) is 17.7. The molecule has 1 fully saturated rings. The minimum absolute atomic E-state index is 0.0290. The molecule has 0 radical (unpaired) electrons. The van der Waals surface area contributed by atoms with E-state index in [4.69, 9.17) is 4.99 Å². The number of nitrogens with one attached hydrogen (secondary N) is 2. The summed E-state index contributed by atoms with van der Waals surface area (Å²) in [6.07, 6.45) is 7.20. The maximum atomic E-state index is 13.0. The van der Waals surface area contributed by atoms with Crippen LogP contribution in [0.1, 0.15) is 38.6 Å². The number of nitrogens with zero attached hydrogens (tertiary/aromatic N) is 3. The summed E-state index contributed by atoms with van der Waals surface area (Å²) in [4.78, 5) is 26.2. The van der Waals surface area contributed by atoms with Crippen LogP contribution in [-0.2, 0) is 6.42 Å². The molecule has 2 atom stereocenters. The molecule has 3 heterocycles. The Morgan fingerprint density at radius 2 is 2.10 bits per heavy atom. The Morgan fingerprint density at radius 1 is 1.29 bits per heavy atom. The van der Waals surface area contributed by atoms with Gasteiger partial charge in [0.15, 0.2) is 0 Å². The van der Waals surface area contributed by atoms with Gasteiger partial charge in [0, 0.05) is 49.2 Å². The molecule has 5 rings (SSSR count). The number of guanidine groups is 1. The van der Waals surface area contributed by atoms with Crippen molar-refractivity contribution in [3.8, 4) is 0 Å². The van der Waals surface area contributed by atoms with Crippen molar-refractivity contribution < 1.29 is 4.79 Å². The van der Waals surface area contributed by atoms with Crippen LogP contribution in [0.5, 0.6) is 0 Å². The molecule has 1 amide bonds. The third-order valence-corrected chi connectivity index (χ3v) is 7.28. The van der Waals surface area contributed by atoms with Gasteiger partial charge in [-0.15, -0.1) is 11.3 Å². The molecule has 0 spiro atoms. The number of fused-ring (bicyclic) bond motifs is 3. The second-order valence-electron chi connectivity index (χ2n) is 8.45. The first-order chi connectivity index (χ1) is 15.1. The van der Waals surface area contributed by atoms with Gasteiger partial charge in [0.25, 0.3) is 5.91 Å². The molecular weight excluding hydrogens is 406 g/mol. The Morgan fingerprint density at radius 3 is 2.90 bits per heavy atom. The van der Waals surface area contributed by atoms with E-state index in [0.717, 1.165) is 47.9 Å². The van der Waals surface area contributed by atoms with Gasteiger partial charge in [0.1, 0.15) is 0 Å². The fraction of sp³-hybridized carbons (Fsp3) is 0.375. The molecule has 1 aromatic heterocycles. The Bertz CT molecular complexity index is 1050. The first kappa shape index (κ1) is 20.2. The molecule has 3 aliphatic rings. The number of carbonyl (C=O) groups is 1. The molecule has 160 valence electrons. The number of hydrogen-bond acceptors (Lipinski definition) is 4. The van der Waals surface area contributed by atoms with Crippen molar-refractivity contribution in [1.82, 2.24) is 15.5 Å². The van der Waals surface area contributed by atoms with Crippen LogP contribution in [0.2, 0.25) is 0 Å². The molecule has 1 aliphatic carbocycles. The Hall–Kier alpha value is -2.77. The van der Waals surface area contributed by atoms with E-state index in [9.17, 15) is 4.79 Å². The van der Waals surface area contributed by atoms with E-state index in [-0.39, 0.29) is 17.4 Å². The summed E-state index contributed by atoms with van der Waals surface area (Å²) in [5.41, 5.74) is 2.20. The molecule has 0 bridgehead atoms. The maximum absolute atomic E-state index is 13.0. The van der Waals surface area contributed by atoms with E-state index in [1.54, 1.807) is 11.3 Å². The fourth-order valence-corrected chi connectivity index (χ4v) is 5.40. The summed E-state index contributed by atoms with van der Waals surface area (Å²) < 4.78 is 0. The van der Waals surface area contributed by atoms with Gasteiger partial charge < -0.3 is 15.5 Å². The molecule has 2 aliphatic heterocycles. The molecule has 31 heavy (non-hydrogen) atoms. The average Bonchev–Trinajstić information content (AvgIpc) is 3.25. The third kappa shape index (κ3) is 4.07. The van der Waals surface area contributed by atoms with Crippen molar-refractivity contribution in [2.24, 2.45) is 15.4 Å². The van der Waals surface area contributed by atoms with Crippen molar-refractivity contribution in [2.45, 2.75) is 19.4 Å². The van der Waals surface area contributed by atoms with E-state index in [1.807, 2.05) is 17.2 Å². The van der Waals surface area contributed by atoms with Crippen molar-refractivity contribution in [1.29, 1.82) is 0 Å². The predicted octanol–water partition coefficient (Wildman–Crippen LogP) is 3.14. The number of thiophene rings is 1. The van der Waals surface area contributed by atoms with Crippen LogP contribution in [0.25, 0.3) is 6.08 Å². The Labute approximate surface area is 186 Å². The van der Waals surface area contributed by atoms with E-state index in [0.29, 0.717) is 12.5 Å². The van der Waals surface area contributed by atoms with E-state index in [2.05, 4.69) is 65.0 Å². The van der Waals surface area contributed by atoms with E-state index >= 15 is 0 Å². The maximum Gasteiger partial charge on any atom is 0.264 e. The lowest BCUT2D eigenvalue weighted by molar-refractivity contribution is 0.0740. The average molecular weight is 434 g/mol. The molecule has 2 aromatic rings. The predicted molar refractivity (Wildman–Crippen MR) is 127 cm³/mol. The highest BCUT2D eigenvalue weighted by molar-refractivity contribution is 7.15. The summed E-state index contributed by atoms with van der Waals surface area (Å²) >= 11 is 1.59. The number of benzene rings is 1. The SMILES string of the molecule is CC12C=Cc3sc(C(=O)N4CCNCC4)cc3C1NC(=NCCc1ccccc1)N=C2. The van der Waals surface area contributed by atoms with E-state index < -0.39 is 0 Å². The Kier molecular flexibility index (Phi) is 5.46. The van der Waals surface area contributed by atoms with Gasteiger partial charge >= 0.3 is 0 Å². The number of piperazine rings is 1. The second-order valence-corrected chi connectivity index (χ2v) is 9.53. The molecular formula is C24H27N5OS. The van der Waals surface area contributed by atoms with Crippen LogP contribution in [0.3, 0.4) is 0 Å². The van der Waals surface area contributed by atoms with Gasteiger partial charge in [-0.1, -0.05) is 36.4 Å². The molecule has 7 heteroatoms. The minimum Gasteiger partial charge on any atom is -0.346 e. The molecule has 2 N–H and O–H groups in total. The number of rotatable bonds is 4. The number of aliphatic imine (C=N–C) groups is 2. The largest absolute Gasteiger partial charge is 0.346 e. The normalized spacial score (nSPS) is 25.8. The lowest BCUT2D eigenvalue weighted by atomic mass is 9.75. The van der Waals surface area contributed by atoms with Crippen LogP contribution in [0, 0.1) is 5.41 Å². The van der Waals surface area contributed by atoms with Crippen LogP contribution in [-0.4, -0.2) is 55.7 Å². The Balaban J connectivity index is 1.34. The van der Waals surface area contributed by atoms with Gasteiger partial charge in [-0.2, -0.15) is 0 Å². The van der Waals surface area contributed by atoms with Gasteiger partial charge in [-0.05, 0) is 36.6 Å². The second kappa shape index (κ2) is 8.40. The van der Waals surface area contributed by atoms with Gasteiger partial charge in [-0.3, -0.25) is 9.79 Å². The third-order valence-electron chi connectivity index (χ3n) is 6.18. The molecule has 0 saturated carbocycles. The summed E-state index contributed by atoms with van der Waals surface area (Å²) in [7, 11) is 0. The lowest BCUT2D eigenvalue weighted by Crippen LogP contribution is -2.46. The number of hydrogen-bond donors (Lipinski definition) is 2. The van der Waals surface area contributed by atoms with Gasteiger partial charge in [0.05, 0.1) is 10.9 Å². The monoisotopic (exact) mass is 433 g/mol. The molecule has 1 aromatic carbocycles. The summed E-state index contributed by atoms with van der Waals surface area (Å²) in [5, 5.41) is 6.85. The molecule has 6 nitrogen and oxygen atoms in total. The summed E-state index contributed by atoms with van der Waals surface area (Å²) in [6.45, 7) is 6.11. The van der Waals surface area contributed by atoms with Crippen LogP contribution in [0.4, 0.5) is 0 Å². The van der Waals surface area contributed by atoms with Crippen molar-refractivity contribution in [2.75, 3.05) is 32.7 Å². The van der Waals surface area contributed by atoms with Crippen LogP contribution < -0.4 is 10.6 Å². The number of carbonyl (C=O) groups excluding carboxylic acids is 1. The zero-order valence-corrected chi connectivity index (χ0v) is 18.5. The number of amides is 1. The highest BCUT2D eigenvalue weighted by atomic mass is 32.1. The van der Waals surface area contributed by atoms with Gasteiger partial charge in [-0.25, -0.2) is 4.99 Å². The topological polar surface area (TPSA) is 69.1 Å². The fourth-order valence-electron chi connectivity index (χ4n) is 4.33. The summed E-state index contributed by atoms with van der Waals surface area (Å²) in [6, 6.07) is 12.5. The quantitative estimate of drug-likeness (QED) is 0.778. The van der Waals surface area contributed by atoms with Crippen molar-refractivity contribution in [3.63, 3.8) is 0 Å². The molecule has 2 unspecified atom stereocenters. The standard InChI is InChI=1S/C24H27N5OS/c1-24-9-7-19-18(15-20(31-19)22(30)29-13-11-25-12-14-29)21(24)28-23(27-16-24)26-10-8-17-5-3-2-4-6-17/h2-7,9,15-16,21,25H,8,10-14H2,1H3,(H,26,28). The first-order valence-electron chi connectivity index (χ1n) is 10.9. The van der Waals surface area contributed by atoms with Crippen molar-refractivity contribution in [3.05, 3.63) is 63.4 Å². The first-order valence-corrected chi connectivity index (χ1v) is 11.7. The van der Waals surface area contributed by atoms with E-state index in [1.165, 1.54) is 5.56 Å². The van der Waals surface area contributed by atoms with Crippen molar-refractivity contribution >= 4 is 35.5 Å². The minimum atomic E-state index is -0.234.